The molecule has 1 atom stereocenters. The topological polar surface area (TPSA) is 91.2 Å². The molecule has 6 nitrogen and oxygen atoms in total. The molecule has 146 valence electrons. The summed E-state index contributed by atoms with van der Waals surface area (Å²) >= 11 is 5.80. The molecule has 2 aromatic carbocycles. The Hall–Kier alpha value is -3.04. The molecule has 0 aliphatic carbocycles. The molecule has 1 unspecified atom stereocenters. The highest BCUT2D eigenvalue weighted by molar-refractivity contribution is 6.30. The van der Waals surface area contributed by atoms with E-state index in [0.29, 0.717) is 21.9 Å². The summed E-state index contributed by atoms with van der Waals surface area (Å²) in [6.07, 6.45) is -0.749. The number of rotatable bonds is 8. The molecular weight excluding hydrogens is 378 g/mol. The average molecular weight is 400 g/mol. The lowest BCUT2D eigenvalue weighted by molar-refractivity contribution is -0.129. The molecule has 0 heterocycles. The zero-order valence-electron chi connectivity index (χ0n) is 15.7. The lowest BCUT2D eigenvalue weighted by Gasteiger charge is -2.22. The van der Waals surface area contributed by atoms with Gasteiger partial charge >= 0.3 is 0 Å². The van der Waals surface area contributed by atoms with Gasteiger partial charge in [0.1, 0.15) is 11.8 Å². The van der Waals surface area contributed by atoms with Gasteiger partial charge in [-0.05, 0) is 42.3 Å². The van der Waals surface area contributed by atoms with Crippen LogP contribution >= 0.6 is 11.6 Å². The Kier molecular flexibility index (Phi) is 7.85. The van der Waals surface area contributed by atoms with Crippen LogP contribution in [0.25, 0.3) is 0 Å². The number of hydrogen-bond donors (Lipinski definition) is 2. The third-order valence-corrected chi connectivity index (χ3v) is 4.19. The Morgan fingerprint density at radius 2 is 1.71 bits per heavy atom. The van der Waals surface area contributed by atoms with Crippen LogP contribution in [0.5, 0.6) is 5.75 Å². The molecule has 0 saturated heterocycles. The lowest BCUT2D eigenvalue weighted by Crippen LogP contribution is -2.44. The first-order chi connectivity index (χ1) is 13.4. The number of carbonyl (C=O) groups excluding carboxylic acids is 2. The van der Waals surface area contributed by atoms with Crippen LogP contribution in [0.2, 0.25) is 5.02 Å². The molecule has 2 N–H and O–H groups in total. The van der Waals surface area contributed by atoms with Crippen LogP contribution in [0.15, 0.2) is 48.5 Å². The Morgan fingerprint density at radius 3 is 2.36 bits per heavy atom. The lowest BCUT2D eigenvalue weighted by atomic mass is 10.1. The Bertz CT molecular complexity index is 860. The highest BCUT2D eigenvalue weighted by Crippen LogP contribution is 2.20. The van der Waals surface area contributed by atoms with Crippen molar-refractivity contribution >= 4 is 23.4 Å². The van der Waals surface area contributed by atoms with E-state index in [4.69, 9.17) is 21.6 Å². The van der Waals surface area contributed by atoms with Gasteiger partial charge in [-0.15, -0.1) is 0 Å². The molecule has 0 radical (unpaired) electrons. The Morgan fingerprint density at radius 1 is 1.07 bits per heavy atom. The van der Waals surface area contributed by atoms with Gasteiger partial charge in [0.15, 0.2) is 6.10 Å². The predicted octanol–water partition coefficient (Wildman–Crippen LogP) is 3.16. The third-order valence-electron chi connectivity index (χ3n) is 3.94. The molecule has 0 fully saturated rings. The summed E-state index contributed by atoms with van der Waals surface area (Å²) in [5, 5.41) is 15.2. The molecule has 28 heavy (non-hydrogen) atoms. The molecule has 0 spiro atoms. The average Bonchev–Trinajstić information content (AvgIpc) is 2.69. The van der Waals surface area contributed by atoms with E-state index in [0.717, 1.165) is 0 Å². The third kappa shape index (κ3) is 6.00. The standard InChI is InChI=1S/C21H22ClN3O3/c1-14(2)19(28-18-6-4-3-5-16(18)13-23)21(27)25-12-11-24-20(26)15-7-9-17(22)10-8-15/h3-10,14,19H,11-12H2,1-2H3,(H,24,26)(H,25,27). The van der Waals surface area contributed by atoms with Crippen LogP contribution in [0.3, 0.4) is 0 Å². The fourth-order valence-electron chi connectivity index (χ4n) is 2.46. The first-order valence-electron chi connectivity index (χ1n) is 8.89. The van der Waals surface area contributed by atoms with Gasteiger partial charge in [-0.1, -0.05) is 37.6 Å². The van der Waals surface area contributed by atoms with E-state index in [2.05, 4.69) is 16.7 Å². The summed E-state index contributed by atoms with van der Waals surface area (Å²) in [4.78, 5) is 24.5. The zero-order valence-corrected chi connectivity index (χ0v) is 16.5. The van der Waals surface area contributed by atoms with Crippen molar-refractivity contribution in [3.8, 4) is 11.8 Å². The number of amides is 2. The predicted molar refractivity (Wildman–Crippen MR) is 107 cm³/mol. The SMILES string of the molecule is CC(C)C(Oc1ccccc1C#N)C(=O)NCCNC(=O)c1ccc(Cl)cc1. The van der Waals surface area contributed by atoms with Crippen molar-refractivity contribution in [2.75, 3.05) is 13.1 Å². The minimum atomic E-state index is -0.749. The van der Waals surface area contributed by atoms with E-state index >= 15 is 0 Å². The molecule has 2 rings (SSSR count). The summed E-state index contributed by atoms with van der Waals surface area (Å²) in [5.74, 6) is -0.278. The molecule has 0 aromatic heterocycles. The fraction of sp³-hybridized carbons (Fsp3) is 0.286. The maximum Gasteiger partial charge on any atom is 0.261 e. The van der Waals surface area contributed by atoms with Crippen molar-refractivity contribution in [3.05, 3.63) is 64.7 Å². The second kappa shape index (κ2) is 10.3. The molecule has 2 amide bonds. The van der Waals surface area contributed by atoms with Gasteiger partial charge in [-0.25, -0.2) is 0 Å². The molecule has 0 bridgehead atoms. The minimum Gasteiger partial charge on any atom is -0.479 e. The first kappa shape index (κ1) is 21.3. The molecule has 0 aliphatic heterocycles. The Labute approximate surface area is 169 Å². The number of nitrogens with one attached hydrogen (secondary N) is 2. The number of benzene rings is 2. The van der Waals surface area contributed by atoms with Gasteiger partial charge in [-0.2, -0.15) is 5.26 Å². The minimum absolute atomic E-state index is 0.101. The number of nitriles is 1. The van der Waals surface area contributed by atoms with Crippen LogP contribution < -0.4 is 15.4 Å². The summed E-state index contributed by atoms with van der Waals surface area (Å²) in [5.41, 5.74) is 0.864. The van der Waals surface area contributed by atoms with Crippen LogP contribution in [0, 0.1) is 17.2 Å². The molecule has 7 heteroatoms. The van der Waals surface area contributed by atoms with E-state index in [-0.39, 0.29) is 30.8 Å². The van der Waals surface area contributed by atoms with E-state index in [1.165, 1.54) is 0 Å². The highest BCUT2D eigenvalue weighted by atomic mass is 35.5. The van der Waals surface area contributed by atoms with Gasteiger partial charge in [-0.3, -0.25) is 9.59 Å². The van der Waals surface area contributed by atoms with Gasteiger partial charge in [0.05, 0.1) is 5.56 Å². The van der Waals surface area contributed by atoms with E-state index in [1.807, 2.05) is 13.8 Å². The van der Waals surface area contributed by atoms with E-state index in [9.17, 15) is 9.59 Å². The first-order valence-corrected chi connectivity index (χ1v) is 9.27. The monoisotopic (exact) mass is 399 g/mol. The summed E-state index contributed by atoms with van der Waals surface area (Å²) < 4.78 is 5.78. The number of carbonyl (C=O) groups is 2. The number of nitrogens with zero attached hydrogens (tertiary/aromatic N) is 1. The Balaban J connectivity index is 1.86. The number of ether oxygens (including phenoxy) is 1. The summed E-state index contributed by atoms with van der Waals surface area (Å²) in [7, 11) is 0. The van der Waals surface area contributed by atoms with Gasteiger partial charge in [0.2, 0.25) is 0 Å². The molecule has 0 saturated carbocycles. The van der Waals surface area contributed by atoms with Gasteiger partial charge in [0.25, 0.3) is 11.8 Å². The maximum atomic E-state index is 12.5. The van der Waals surface area contributed by atoms with Crippen molar-refractivity contribution < 1.29 is 14.3 Å². The molecule has 0 aliphatic rings. The van der Waals surface area contributed by atoms with E-state index in [1.54, 1.807) is 48.5 Å². The zero-order chi connectivity index (χ0) is 20.5. The second-order valence-corrected chi connectivity index (χ2v) is 6.88. The van der Waals surface area contributed by atoms with Crippen molar-refractivity contribution in [2.24, 2.45) is 5.92 Å². The maximum absolute atomic E-state index is 12.5. The van der Waals surface area contributed by atoms with Crippen LogP contribution in [-0.2, 0) is 4.79 Å². The number of hydrogen-bond acceptors (Lipinski definition) is 4. The van der Waals surface area contributed by atoms with Crippen molar-refractivity contribution in [2.45, 2.75) is 20.0 Å². The molecular formula is C21H22ClN3O3. The fourth-order valence-corrected chi connectivity index (χ4v) is 2.58. The second-order valence-electron chi connectivity index (χ2n) is 6.44. The normalized spacial score (nSPS) is 11.4. The smallest absolute Gasteiger partial charge is 0.261 e. The van der Waals surface area contributed by atoms with Crippen LogP contribution in [-0.4, -0.2) is 31.0 Å². The summed E-state index contributed by atoms with van der Waals surface area (Å²) in [6.45, 7) is 4.25. The van der Waals surface area contributed by atoms with Gasteiger partial charge in [0, 0.05) is 23.7 Å². The van der Waals surface area contributed by atoms with Crippen molar-refractivity contribution in [3.63, 3.8) is 0 Å². The number of halogens is 1. The van der Waals surface area contributed by atoms with Crippen molar-refractivity contribution in [1.29, 1.82) is 5.26 Å². The molecule has 2 aromatic rings. The van der Waals surface area contributed by atoms with E-state index < -0.39 is 6.10 Å². The van der Waals surface area contributed by atoms with Crippen molar-refractivity contribution in [1.82, 2.24) is 10.6 Å². The summed E-state index contributed by atoms with van der Waals surface area (Å²) in [6, 6.07) is 15.4. The highest BCUT2D eigenvalue weighted by Gasteiger charge is 2.24. The van der Waals surface area contributed by atoms with Crippen LogP contribution in [0.4, 0.5) is 0 Å². The van der Waals surface area contributed by atoms with Crippen LogP contribution in [0.1, 0.15) is 29.8 Å². The quantitative estimate of drug-likeness (QED) is 0.667. The number of para-hydroxylation sites is 1. The largest absolute Gasteiger partial charge is 0.479 e. The van der Waals surface area contributed by atoms with Gasteiger partial charge < -0.3 is 15.4 Å².